The summed E-state index contributed by atoms with van der Waals surface area (Å²) >= 11 is 0. The summed E-state index contributed by atoms with van der Waals surface area (Å²) in [5, 5.41) is 48.9. The average Bonchev–Trinajstić information content (AvgIpc) is 3.76. The van der Waals surface area contributed by atoms with Gasteiger partial charge in [-0.15, -0.1) is 15.3 Å². The maximum absolute atomic E-state index is 12.4. The zero-order valence-corrected chi connectivity index (χ0v) is 39.4. The van der Waals surface area contributed by atoms with Gasteiger partial charge in [0.2, 0.25) is 5.82 Å². The number of rotatable bonds is 14. The summed E-state index contributed by atoms with van der Waals surface area (Å²) in [6.45, 7) is 2.85. The third-order valence-electron chi connectivity index (χ3n) is 12.5. The van der Waals surface area contributed by atoms with Gasteiger partial charge in [0, 0.05) is 48.9 Å². The fourth-order valence-electron chi connectivity index (χ4n) is 8.84. The molecule has 2 N–H and O–H groups in total. The number of ether oxygens (including phenoxy) is 3. The van der Waals surface area contributed by atoms with Gasteiger partial charge in [0.1, 0.15) is 42.8 Å². The molecule has 1 aliphatic carbocycles. The molecule has 0 saturated carbocycles. The van der Waals surface area contributed by atoms with Crippen molar-refractivity contribution in [1.29, 1.82) is 0 Å². The first-order valence-electron chi connectivity index (χ1n) is 23.6. The molecule has 10 rings (SSSR count). The van der Waals surface area contributed by atoms with Crippen LogP contribution in [-0.2, 0) is 45.5 Å². The van der Waals surface area contributed by atoms with E-state index in [2.05, 4.69) is 68.0 Å². The normalized spacial score (nSPS) is 12.2. The first kappa shape index (κ1) is 46.5. The molecule has 72 heavy (non-hydrogen) atoms. The van der Waals surface area contributed by atoms with Crippen molar-refractivity contribution in [1.82, 2.24) is 10.2 Å². The summed E-state index contributed by atoms with van der Waals surface area (Å²) in [5.74, 6) is 2.56. The second-order valence-corrected chi connectivity index (χ2v) is 17.6. The topological polar surface area (TPSA) is 169 Å². The van der Waals surface area contributed by atoms with Gasteiger partial charge in [-0.3, -0.25) is 15.2 Å². The van der Waals surface area contributed by atoms with Crippen molar-refractivity contribution in [2.24, 2.45) is 20.5 Å². The first-order valence-corrected chi connectivity index (χ1v) is 23.6. The third kappa shape index (κ3) is 11.0. The number of hydrogen-bond acceptors (Lipinski definition) is 11. The number of H-pyrrole nitrogens is 1. The lowest BCUT2D eigenvalue weighted by atomic mass is 9.91. The molecule has 8 aromatic carbocycles. The number of nitro benzene ring substituents is 1. The van der Waals surface area contributed by atoms with E-state index in [0.717, 1.165) is 67.3 Å². The molecular formula is C59H49N7O6. The predicted octanol–water partition coefficient (Wildman–Crippen LogP) is 14.6. The van der Waals surface area contributed by atoms with E-state index in [1.807, 2.05) is 115 Å². The second-order valence-electron chi connectivity index (χ2n) is 17.6. The van der Waals surface area contributed by atoms with Gasteiger partial charge >= 0.3 is 0 Å². The lowest BCUT2D eigenvalue weighted by Crippen LogP contribution is -2.08. The maximum atomic E-state index is 12.4. The minimum Gasteiger partial charge on any atom is -0.507 e. The van der Waals surface area contributed by atoms with Crippen LogP contribution in [0.15, 0.2) is 202 Å². The molecule has 0 unspecified atom stereocenters. The number of aromatic hydroxyl groups is 1. The van der Waals surface area contributed by atoms with Crippen LogP contribution in [-0.4, -0.2) is 20.2 Å². The highest BCUT2D eigenvalue weighted by Crippen LogP contribution is 2.41. The number of nitrogens with zero attached hydrogens (tertiary/aromatic N) is 6. The Morgan fingerprint density at radius 1 is 0.500 bits per heavy atom. The van der Waals surface area contributed by atoms with Gasteiger partial charge in [0.25, 0.3) is 5.69 Å². The van der Waals surface area contributed by atoms with Crippen molar-refractivity contribution in [3.05, 3.63) is 259 Å². The van der Waals surface area contributed by atoms with Gasteiger partial charge in [-0.05, 0) is 81.3 Å². The molecule has 8 bridgehead atoms. The van der Waals surface area contributed by atoms with Crippen LogP contribution in [0, 0.1) is 17.0 Å². The Balaban J connectivity index is 1.09. The van der Waals surface area contributed by atoms with E-state index in [4.69, 9.17) is 19.3 Å². The average molecular weight is 952 g/mol. The molecule has 13 heteroatoms. The third-order valence-corrected chi connectivity index (χ3v) is 12.5. The van der Waals surface area contributed by atoms with Crippen LogP contribution in [0.3, 0.4) is 0 Å². The number of hydrogen-bond donors (Lipinski definition) is 2. The SMILES string of the molecule is Cc1[nH]nc(N=Nc2cc3c(O)c(c2)Cc2cccc(c2OCc2ccccc2)Cc2cccc(c2OCc2ccccc2)Cc2cccc(c2OCc2ccccc2)C3)c1N=Nc1ccc([N+](=O)[O-])cc1. The highest BCUT2D eigenvalue weighted by Gasteiger charge is 2.23. The lowest BCUT2D eigenvalue weighted by molar-refractivity contribution is -0.384. The van der Waals surface area contributed by atoms with E-state index in [-0.39, 0.29) is 17.3 Å². The van der Waals surface area contributed by atoms with Crippen molar-refractivity contribution in [3.63, 3.8) is 0 Å². The Morgan fingerprint density at radius 2 is 0.889 bits per heavy atom. The van der Waals surface area contributed by atoms with Crippen molar-refractivity contribution in [2.45, 2.75) is 52.4 Å². The summed E-state index contributed by atoms with van der Waals surface area (Å²) in [6.07, 6.45) is 1.61. The van der Waals surface area contributed by atoms with Crippen molar-refractivity contribution in [2.75, 3.05) is 0 Å². The number of fused-ring (bicyclic) bond motifs is 8. The lowest BCUT2D eigenvalue weighted by Gasteiger charge is -2.22. The molecule has 9 aromatic rings. The van der Waals surface area contributed by atoms with Crippen molar-refractivity contribution >= 4 is 28.6 Å². The summed E-state index contributed by atoms with van der Waals surface area (Å²) in [4.78, 5) is 10.7. The minimum atomic E-state index is -0.470. The van der Waals surface area contributed by atoms with Crippen LogP contribution >= 0.6 is 0 Å². The molecule has 1 heterocycles. The van der Waals surface area contributed by atoms with Gasteiger partial charge in [-0.2, -0.15) is 10.2 Å². The monoisotopic (exact) mass is 951 g/mol. The number of azo groups is 2. The van der Waals surface area contributed by atoms with Gasteiger partial charge in [0.05, 0.1) is 22.0 Å². The zero-order valence-electron chi connectivity index (χ0n) is 39.4. The van der Waals surface area contributed by atoms with E-state index in [1.165, 1.54) is 24.3 Å². The number of nitrogens with one attached hydrogen (secondary N) is 1. The number of aryl methyl sites for hydroxylation is 1. The highest BCUT2D eigenvalue weighted by molar-refractivity contribution is 5.62. The molecule has 0 atom stereocenters. The van der Waals surface area contributed by atoms with E-state index >= 15 is 0 Å². The highest BCUT2D eigenvalue weighted by atomic mass is 16.6. The van der Waals surface area contributed by atoms with Crippen LogP contribution in [0.4, 0.5) is 28.6 Å². The largest absolute Gasteiger partial charge is 0.507 e. The smallest absolute Gasteiger partial charge is 0.269 e. The molecule has 1 aromatic heterocycles. The molecule has 0 saturated heterocycles. The first-order chi connectivity index (χ1) is 35.3. The van der Waals surface area contributed by atoms with Crippen LogP contribution in [0.2, 0.25) is 0 Å². The molecule has 13 nitrogen and oxygen atoms in total. The van der Waals surface area contributed by atoms with Gasteiger partial charge in [-0.25, -0.2) is 0 Å². The number of aromatic amines is 1. The maximum Gasteiger partial charge on any atom is 0.269 e. The molecule has 0 amide bonds. The second kappa shape index (κ2) is 21.6. The summed E-state index contributed by atoms with van der Waals surface area (Å²) in [6, 6.07) is 58.5. The van der Waals surface area contributed by atoms with Crippen LogP contribution in [0.1, 0.15) is 66.9 Å². The predicted molar refractivity (Wildman–Crippen MR) is 276 cm³/mol. The number of phenols is 1. The molecular weight excluding hydrogens is 903 g/mol. The Bertz CT molecular complexity index is 3280. The summed E-state index contributed by atoms with van der Waals surface area (Å²) < 4.78 is 20.6. The minimum absolute atomic E-state index is 0.0501. The fourth-order valence-corrected chi connectivity index (χ4v) is 8.84. The van der Waals surface area contributed by atoms with E-state index < -0.39 is 4.92 Å². The van der Waals surface area contributed by atoms with Crippen LogP contribution in [0.5, 0.6) is 23.0 Å². The Hall–Kier alpha value is -9.23. The van der Waals surface area contributed by atoms with E-state index in [0.29, 0.717) is 79.4 Å². The number of benzene rings is 8. The Labute approximate surface area is 416 Å². The standard InChI is InChI=1S/C59H49N7O6/c1-39-54(63-61-51-26-28-53(29-27-51)66(68)69)59(64-60-39)65-62-52-34-49-32-47-24-12-22-45(57(47)71-37-41-16-7-3-8-17-41)30-43-20-11-21-44(56(43)70-36-40-14-5-2-6-15-40)31-46-23-13-25-48(33-50(35-52)55(49)67)58(46)72-38-42-18-9-4-10-19-42/h2-29,34-35,67H,30-33,36-38H2,1H3,(H,60,64). The number of non-ortho nitro benzene ring substituents is 1. The summed E-state index contributed by atoms with van der Waals surface area (Å²) in [5.41, 5.74) is 11.8. The molecule has 0 radical (unpaired) electrons. The van der Waals surface area contributed by atoms with Crippen LogP contribution < -0.4 is 14.2 Å². The van der Waals surface area contributed by atoms with E-state index in [9.17, 15) is 15.2 Å². The quantitative estimate of drug-likeness (QED) is 0.0621. The van der Waals surface area contributed by atoms with Crippen molar-refractivity contribution in [3.8, 4) is 23.0 Å². The molecule has 0 fully saturated rings. The number of aromatic nitrogens is 2. The molecule has 0 aliphatic heterocycles. The number of nitro groups is 1. The van der Waals surface area contributed by atoms with Crippen molar-refractivity contribution < 1.29 is 24.2 Å². The zero-order chi connectivity index (χ0) is 49.2. The van der Waals surface area contributed by atoms with Gasteiger partial charge in [0.15, 0.2) is 5.69 Å². The van der Waals surface area contributed by atoms with Crippen LogP contribution in [0.25, 0.3) is 0 Å². The fraction of sp³-hybridized carbons (Fsp3) is 0.136. The summed E-state index contributed by atoms with van der Waals surface area (Å²) in [7, 11) is 0. The van der Waals surface area contributed by atoms with Gasteiger partial charge in [-0.1, -0.05) is 146 Å². The molecule has 0 spiro atoms. The number of para-hydroxylation sites is 3. The Morgan fingerprint density at radius 3 is 1.29 bits per heavy atom. The number of phenolic OH excluding ortho intramolecular Hbond substituents is 1. The van der Waals surface area contributed by atoms with E-state index in [1.54, 1.807) is 6.92 Å². The Kier molecular flexibility index (Phi) is 13.9. The molecule has 1 aliphatic rings. The van der Waals surface area contributed by atoms with Gasteiger partial charge < -0.3 is 19.3 Å². The molecule has 356 valence electrons.